The van der Waals surface area contributed by atoms with E-state index in [0.717, 1.165) is 13.9 Å². The van der Waals surface area contributed by atoms with Crippen LogP contribution in [0, 0.1) is 6.92 Å². The first-order chi connectivity index (χ1) is 4.38. The van der Waals surface area contributed by atoms with Crippen molar-refractivity contribution in [3.05, 3.63) is 11.0 Å². The summed E-state index contributed by atoms with van der Waals surface area (Å²) in [6, 6.07) is 0. The number of aromatic nitrogens is 1. The lowest BCUT2D eigenvalue weighted by molar-refractivity contribution is 1.12. The average Bonchev–Trinajstić information content (AvgIpc) is 2.58. The van der Waals surface area contributed by atoms with Crippen molar-refractivity contribution in [3.63, 3.8) is 0 Å². The number of hydrogen-bond donors (Lipinski definition) is 0. The molecular weight excluding hydrogens is 148 g/mol. The van der Waals surface area contributed by atoms with Gasteiger partial charge in [0.2, 0.25) is 0 Å². The van der Waals surface area contributed by atoms with Crippen LogP contribution in [0.5, 0.6) is 0 Å². The van der Waals surface area contributed by atoms with Gasteiger partial charge in [0.1, 0.15) is 0 Å². The molecule has 0 amide bonds. The average molecular weight is 157 g/mol. The minimum atomic E-state index is 0.825. The maximum Gasteiger partial charge on any atom is 0.0498 e. The van der Waals surface area contributed by atoms with Crippen molar-refractivity contribution in [1.82, 2.24) is 4.75 Å². The van der Waals surface area contributed by atoms with Crippen LogP contribution in [-0.2, 0) is 0 Å². The Hall–Kier alpha value is 0.140. The summed E-state index contributed by atoms with van der Waals surface area (Å²) >= 11 is 0. The van der Waals surface area contributed by atoms with E-state index in [1.165, 1.54) is 26.4 Å². The molecule has 1 aromatic heterocycles. The van der Waals surface area contributed by atoms with Crippen LogP contribution in [0.4, 0.5) is 0 Å². The summed E-state index contributed by atoms with van der Waals surface area (Å²) in [5, 5.41) is 1.65. The Morgan fingerprint density at radius 3 is 2.89 bits per heavy atom. The van der Waals surface area contributed by atoms with E-state index in [2.05, 4.69) is 11.7 Å². The number of rotatable bonds is 1. The molecule has 1 nitrogen and oxygen atoms in total. The Labute approximate surface area is 58.0 Å². The Balaban J connectivity index is 2.35. The molecule has 0 aromatic carbocycles. The molecule has 1 unspecified atom stereocenters. The van der Waals surface area contributed by atoms with E-state index < -0.39 is 0 Å². The van der Waals surface area contributed by atoms with E-state index in [1.54, 1.807) is 5.30 Å². The predicted molar refractivity (Wildman–Crippen MR) is 43.0 cm³/mol. The lowest BCUT2D eigenvalue weighted by Crippen LogP contribution is -1.75. The van der Waals surface area contributed by atoms with Crippen molar-refractivity contribution in [1.29, 1.82) is 0 Å². The summed E-state index contributed by atoms with van der Waals surface area (Å²) in [4.78, 5) is 0. The monoisotopic (exact) mass is 157 g/mol. The fraction of sp³-hybridized carbons (Fsp3) is 0.667. The first-order valence-electron chi connectivity index (χ1n) is 3.25. The standard InChI is InChI=1S/C6H9NP2/c1-4-6(5-2-3-5)8-9-7-4/h5,9H,2-3H2,1H3. The van der Waals surface area contributed by atoms with Gasteiger partial charge in [-0.3, -0.25) is 0 Å². The Kier molecular flexibility index (Phi) is 1.36. The lowest BCUT2D eigenvalue weighted by Gasteiger charge is -1.88. The number of nitrogens with zero attached hydrogens (tertiary/aromatic N) is 1. The van der Waals surface area contributed by atoms with Crippen LogP contribution in [0.15, 0.2) is 0 Å². The Morgan fingerprint density at radius 2 is 2.44 bits per heavy atom. The maximum atomic E-state index is 4.37. The van der Waals surface area contributed by atoms with Gasteiger partial charge in [-0.2, -0.15) is 0 Å². The van der Waals surface area contributed by atoms with E-state index >= 15 is 0 Å². The van der Waals surface area contributed by atoms with Crippen molar-refractivity contribution in [3.8, 4) is 0 Å². The first kappa shape index (κ1) is 5.89. The molecule has 0 spiro atoms. The largest absolute Gasteiger partial charge is 0.241 e. The zero-order chi connectivity index (χ0) is 6.27. The molecule has 9 heavy (non-hydrogen) atoms. The third kappa shape index (κ3) is 1.04. The highest BCUT2D eigenvalue weighted by atomic mass is 31.8. The van der Waals surface area contributed by atoms with Crippen LogP contribution >= 0.6 is 15.9 Å². The zero-order valence-corrected chi connectivity index (χ0v) is 7.28. The van der Waals surface area contributed by atoms with Gasteiger partial charge in [-0.1, -0.05) is 0 Å². The fourth-order valence-corrected chi connectivity index (χ4v) is 4.17. The summed E-state index contributed by atoms with van der Waals surface area (Å²) < 4.78 is 4.37. The molecule has 48 valence electrons. The molecule has 1 aromatic rings. The molecule has 0 bridgehead atoms. The second-order valence-corrected chi connectivity index (χ2v) is 4.97. The van der Waals surface area contributed by atoms with Gasteiger partial charge in [0.05, 0.1) is 0 Å². The van der Waals surface area contributed by atoms with Crippen LogP contribution in [0.3, 0.4) is 0 Å². The highest BCUT2D eigenvalue weighted by Gasteiger charge is 2.26. The first-order valence-corrected chi connectivity index (χ1v) is 5.93. The van der Waals surface area contributed by atoms with Gasteiger partial charge in [0, 0.05) is 11.0 Å². The number of aryl methyl sites for hydroxylation is 1. The summed E-state index contributed by atoms with van der Waals surface area (Å²) in [5.41, 5.74) is 1.34. The second-order valence-electron chi connectivity index (χ2n) is 2.57. The van der Waals surface area contributed by atoms with Gasteiger partial charge in [0.15, 0.2) is 0 Å². The Morgan fingerprint density at radius 1 is 1.67 bits per heavy atom. The maximum absolute atomic E-state index is 4.37. The molecular formula is C6H9NP2. The van der Waals surface area contributed by atoms with Gasteiger partial charge in [-0.05, 0) is 41.6 Å². The molecule has 3 heteroatoms. The predicted octanol–water partition coefficient (Wildman–Crippen LogP) is 2.88. The van der Waals surface area contributed by atoms with E-state index in [1.807, 2.05) is 0 Å². The van der Waals surface area contributed by atoms with Gasteiger partial charge >= 0.3 is 0 Å². The molecule has 2 rings (SSSR count). The van der Waals surface area contributed by atoms with Crippen LogP contribution in [-0.4, -0.2) is 4.75 Å². The van der Waals surface area contributed by atoms with Crippen molar-refractivity contribution in [2.45, 2.75) is 25.7 Å². The SMILES string of the molecule is Cc1n[pH]pc1C1CC1. The van der Waals surface area contributed by atoms with Crippen molar-refractivity contribution in [2.75, 3.05) is 0 Å². The highest BCUT2D eigenvalue weighted by Crippen LogP contribution is 2.47. The molecule has 1 fully saturated rings. The normalized spacial score (nSPS) is 20.1. The smallest absolute Gasteiger partial charge is 0.0498 e. The molecule has 1 aliphatic rings. The third-order valence-electron chi connectivity index (χ3n) is 1.72. The van der Waals surface area contributed by atoms with Crippen molar-refractivity contribution >= 4 is 15.9 Å². The topological polar surface area (TPSA) is 12.9 Å². The van der Waals surface area contributed by atoms with Crippen LogP contribution < -0.4 is 0 Å². The van der Waals surface area contributed by atoms with E-state index in [9.17, 15) is 0 Å². The molecule has 0 aliphatic heterocycles. The van der Waals surface area contributed by atoms with Crippen molar-refractivity contribution in [2.24, 2.45) is 0 Å². The van der Waals surface area contributed by atoms with Gasteiger partial charge < -0.3 is 0 Å². The molecule has 0 N–H and O–H groups in total. The molecule has 1 saturated carbocycles. The molecule has 0 saturated heterocycles. The summed E-state index contributed by atoms with van der Waals surface area (Å²) in [5.74, 6) is 0.949. The minimum absolute atomic E-state index is 0.825. The van der Waals surface area contributed by atoms with E-state index in [0.29, 0.717) is 0 Å². The zero-order valence-electron chi connectivity index (χ0n) is 5.39. The molecule has 1 heterocycles. The molecule has 0 radical (unpaired) electrons. The minimum Gasteiger partial charge on any atom is -0.241 e. The Bertz CT molecular complexity index is 215. The van der Waals surface area contributed by atoms with E-state index in [4.69, 9.17) is 0 Å². The molecule has 1 atom stereocenters. The molecule has 1 aliphatic carbocycles. The lowest BCUT2D eigenvalue weighted by atomic mass is 10.3. The van der Waals surface area contributed by atoms with Gasteiger partial charge in [-0.25, -0.2) is 4.75 Å². The van der Waals surface area contributed by atoms with Crippen LogP contribution in [0.25, 0.3) is 0 Å². The van der Waals surface area contributed by atoms with Crippen LogP contribution in [0.1, 0.15) is 29.7 Å². The quantitative estimate of drug-likeness (QED) is 0.610. The van der Waals surface area contributed by atoms with Crippen molar-refractivity contribution < 1.29 is 0 Å². The summed E-state index contributed by atoms with van der Waals surface area (Å²) in [6.45, 7) is 2.15. The van der Waals surface area contributed by atoms with Crippen LogP contribution in [0.2, 0.25) is 0 Å². The highest BCUT2D eigenvalue weighted by molar-refractivity contribution is 7.89. The second kappa shape index (κ2) is 2.08. The number of hydrogen-bond acceptors (Lipinski definition) is 1. The third-order valence-corrected chi connectivity index (χ3v) is 4.51. The summed E-state index contributed by atoms with van der Waals surface area (Å²) in [7, 11) is 2.34. The van der Waals surface area contributed by atoms with E-state index in [-0.39, 0.29) is 0 Å². The van der Waals surface area contributed by atoms with Gasteiger partial charge in [-0.15, -0.1) is 0 Å². The summed E-state index contributed by atoms with van der Waals surface area (Å²) in [6.07, 6.45) is 2.86. The van der Waals surface area contributed by atoms with Gasteiger partial charge in [0.25, 0.3) is 0 Å². The fourth-order valence-electron chi connectivity index (χ4n) is 1.04.